The van der Waals surface area contributed by atoms with Crippen LogP contribution in [0.4, 0.5) is 4.79 Å². The quantitative estimate of drug-likeness (QED) is 0.450. The van der Waals surface area contributed by atoms with Crippen LogP contribution in [0.5, 0.6) is 5.75 Å². The lowest BCUT2D eigenvalue weighted by molar-refractivity contribution is -0.131. The second kappa shape index (κ2) is 11.2. The van der Waals surface area contributed by atoms with Gasteiger partial charge in [-0.2, -0.15) is 10.2 Å². The largest absolute Gasteiger partial charge is 0.490 e. The third kappa shape index (κ3) is 5.43. The number of rotatable bonds is 7. The molecule has 3 aromatic rings. The number of aromatic nitrogens is 2. The van der Waals surface area contributed by atoms with Gasteiger partial charge in [0, 0.05) is 24.2 Å². The van der Waals surface area contributed by atoms with Gasteiger partial charge in [-0.05, 0) is 75.3 Å². The molecule has 1 atom stereocenters. The Balaban J connectivity index is 1.43. The zero-order valence-electron chi connectivity index (χ0n) is 22.1. The number of hydrogen-bond donors (Lipinski definition) is 1. The Morgan fingerprint density at radius 1 is 1.23 bits per heavy atom. The van der Waals surface area contributed by atoms with Crippen LogP contribution in [-0.4, -0.2) is 62.8 Å². The smallest absolute Gasteiger partial charge is 0.408 e. The van der Waals surface area contributed by atoms with Crippen LogP contribution in [0.25, 0.3) is 22.8 Å². The van der Waals surface area contributed by atoms with E-state index < -0.39 is 12.1 Å². The van der Waals surface area contributed by atoms with Gasteiger partial charge in [-0.1, -0.05) is 23.4 Å². The van der Waals surface area contributed by atoms with Crippen LogP contribution < -0.4 is 4.74 Å². The molecule has 1 aromatic heterocycles. The standard InChI is InChI=1S/C29H31N5O5/c1-18(2)38-25-12-11-19(15-20(25)16-30)28-31-27(32-39-28)23-9-5-8-22-21(23)7-6-10-24(22)34(29(36)37)17-26(35)33-13-3-4-14-33/h5,8-9,11-12,15,18,24H,3-4,6-7,10,13-14,17H2,1-2H3,(H,36,37). The highest BCUT2D eigenvalue weighted by atomic mass is 16.5. The summed E-state index contributed by atoms with van der Waals surface area (Å²) in [5, 5.41) is 23.8. The molecule has 0 spiro atoms. The Morgan fingerprint density at radius 3 is 2.74 bits per heavy atom. The Hall–Kier alpha value is -4.39. The summed E-state index contributed by atoms with van der Waals surface area (Å²) in [5.74, 6) is 0.998. The number of fused-ring (bicyclic) bond motifs is 1. The van der Waals surface area contributed by atoms with Gasteiger partial charge in [-0.3, -0.25) is 9.69 Å². The van der Waals surface area contributed by atoms with Crippen LogP contribution in [-0.2, 0) is 11.2 Å². The fraction of sp³-hybridized carbons (Fsp3) is 0.414. The van der Waals surface area contributed by atoms with Gasteiger partial charge in [-0.15, -0.1) is 0 Å². The molecule has 0 radical (unpaired) electrons. The Bertz CT molecular complexity index is 1420. The zero-order valence-corrected chi connectivity index (χ0v) is 22.1. The molecule has 1 saturated heterocycles. The third-order valence-electron chi connectivity index (χ3n) is 7.24. The van der Waals surface area contributed by atoms with Crippen LogP contribution in [0.3, 0.4) is 0 Å². The Labute approximate surface area is 226 Å². The van der Waals surface area contributed by atoms with E-state index >= 15 is 0 Å². The van der Waals surface area contributed by atoms with Crippen molar-refractivity contribution in [1.29, 1.82) is 5.26 Å². The first kappa shape index (κ1) is 26.2. The SMILES string of the molecule is CC(C)Oc1ccc(-c2nc(-c3cccc4c3CCCC4N(CC(=O)N3CCCC3)C(=O)O)no2)cc1C#N. The average molecular weight is 530 g/mol. The van der Waals surface area contributed by atoms with Crippen molar-refractivity contribution in [3.63, 3.8) is 0 Å². The molecule has 0 bridgehead atoms. The van der Waals surface area contributed by atoms with Gasteiger partial charge in [0.05, 0.1) is 17.7 Å². The minimum Gasteiger partial charge on any atom is -0.490 e. The molecule has 0 saturated carbocycles. The van der Waals surface area contributed by atoms with Gasteiger partial charge in [0.1, 0.15) is 18.4 Å². The molecule has 1 unspecified atom stereocenters. The maximum atomic E-state index is 12.8. The van der Waals surface area contributed by atoms with Crippen LogP contribution in [0.2, 0.25) is 0 Å². The van der Waals surface area contributed by atoms with E-state index in [0.29, 0.717) is 42.2 Å². The number of carboxylic acid groups (broad SMARTS) is 1. The number of carbonyl (C=O) groups excluding carboxylic acids is 1. The average Bonchev–Trinajstić information content (AvgIpc) is 3.64. The second-order valence-corrected chi connectivity index (χ2v) is 10.2. The van der Waals surface area contributed by atoms with Crippen molar-refractivity contribution in [3.8, 4) is 34.7 Å². The summed E-state index contributed by atoms with van der Waals surface area (Å²) < 4.78 is 11.3. The predicted octanol–water partition coefficient (Wildman–Crippen LogP) is 5.04. The van der Waals surface area contributed by atoms with E-state index in [2.05, 4.69) is 16.2 Å². The van der Waals surface area contributed by atoms with Crippen LogP contribution in [0.1, 0.15) is 62.3 Å². The fourth-order valence-corrected chi connectivity index (χ4v) is 5.44. The van der Waals surface area contributed by atoms with Gasteiger partial charge < -0.3 is 19.3 Å². The molecular weight excluding hydrogens is 498 g/mol. The van der Waals surface area contributed by atoms with Gasteiger partial charge in [0.15, 0.2) is 0 Å². The number of carbonyl (C=O) groups is 2. The molecule has 1 aliphatic heterocycles. The monoisotopic (exact) mass is 529 g/mol. The number of amides is 2. The molecule has 5 rings (SSSR count). The zero-order chi connectivity index (χ0) is 27.5. The van der Waals surface area contributed by atoms with E-state index in [1.54, 1.807) is 23.1 Å². The van der Waals surface area contributed by atoms with E-state index in [1.165, 1.54) is 4.90 Å². The Morgan fingerprint density at radius 2 is 2.03 bits per heavy atom. The normalized spacial score (nSPS) is 16.6. The van der Waals surface area contributed by atoms with Crippen molar-refractivity contribution >= 4 is 12.0 Å². The fourth-order valence-electron chi connectivity index (χ4n) is 5.44. The maximum absolute atomic E-state index is 12.8. The summed E-state index contributed by atoms with van der Waals surface area (Å²) in [6.45, 7) is 4.99. The van der Waals surface area contributed by atoms with Gasteiger partial charge >= 0.3 is 6.09 Å². The summed E-state index contributed by atoms with van der Waals surface area (Å²) in [5.41, 5.74) is 3.56. The Kier molecular flexibility index (Phi) is 7.50. The number of hydrogen-bond acceptors (Lipinski definition) is 7. The highest BCUT2D eigenvalue weighted by molar-refractivity contribution is 5.82. The summed E-state index contributed by atoms with van der Waals surface area (Å²) in [6.07, 6.45) is 2.87. The summed E-state index contributed by atoms with van der Waals surface area (Å²) in [4.78, 5) is 32.7. The summed E-state index contributed by atoms with van der Waals surface area (Å²) in [6, 6.07) is 12.5. The van der Waals surface area contributed by atoms with E-state index in [0.717, 1.165) is 42.4 Å². The number of nitrogens with zero attached hydrogens (tertiary/aromatic N) is 5. The lowest BCUT2D eigenvalue weighted by Gasteiger charge is -2.35. The maximum Gasteiger partial charge on any atom is 0.408 e. The molecule has 10 heteroatoms. The molecule has 2 amide bonds. The van der Waals surface area contributed by atoms with E-state index in [-0.39, 0.29) is 24.4 Å². The minimum atomic E-state index is -1.11. The molecule has 2 aliphatic rings. The molecule has 202 valence electrons. The molecule has 39 heavy (non-hydrogen) atoms. The highest BCUT2D eigenvalue weighted by Gasteiger charge is 2.33. The van der Waals surface area contributed by atoms with Gasteiger partial charge in [0.2, 0.25) is 11.7 Å². The molecule has 1 aliphatic carbocycles. The predicted molar refractivity (Wildman–Crippen MR) is 142 cm³/mol. The van der Waals surface area contributed by atoms with Crippen molar-refractivity contribution < 1.29 is 24.0 Å². The molecule has 2 aromatic carbocycles. The van der Waals surface area contributed by atoms with Gasteiger partial charge in [0.25, 0.3) is 5.89 Å². The van der Waals surface area contributed by atoms with Crippen molar-refractivity contribution in [2.75, 3.05) is 19.6 Å². The van der Waals surface area contributed by atoms with Crippen molar-refractivity contribution in [3.05, 3.63) is 53.1 Å². The van der Waals surface area contributed by atoms with E-state index in [4.69, 9.17) is 9.26 Å². The summed E-state index contributed by atoms with van der Waals surface area (Å²) >= 11 is 0. The minimum absolute atomic E-state index is 0.0681. The van der Waals surface area contributed by atoms with Crippen LogP contribution in [0.15, 0.2) is 40.9 Å². The third-order valence-corrected chi connectivity index (χ3v) is 7.24. The van der Waals surface area contributed by atoms with Gasteiger partial charge in [-0.25, -0.2) is 4.79 Å². The topological polar surface area (TPSA) is 133 Å². The number of benzene rings is 2. The second-order valence-electron chi connectivity index (χ2n) is 10.2. The van der Waals surface area contributed by atoms with Crippen LogP contribution in [0, 0.1) is 11.3 Å². The number of nitriles is 1. The van der Waals surface area contributed by atoms with Crippen molar-refractivity contribution in [1.82, 2.24) is 19.9 Å². The number of ether oxygens (including phenoxy) is 1. The molecular formula is C29H31N5O5. The number of likely N-dealkylation sites (tertiary alicyclic amines) is 1. The first-order valence-electron chi connectivity index (χ1n) is 13.3. The van der Waals surface area contributed by atoms with E-state index in [1.807, 2.05) is 32.0 Å². The lowest BCUT2D eigenvalue weighted by atomic mass is 9.84. The van der Waals surface area contributed by atoms with Crippen LogP contribution >= 0.6 is 0 Å². The first-order valence-corrected chi connectivity index (χ1v) is 13.3. The molecule has 1 fully saturated rings. The van der Waals surface area contributed by atoms with E-state index in [9.17, 15) is 20.0 Å². The first-order chi connectivity index (χ1) is 18.9. The molecule has 2 heterocycles. The van der Waals surface area contributed by atoms with Crippen molar-refractivity contribution in [2.45, 2.75) is 58.1 Å². The lowest BCUT2D eigenvalue weighted by Crippen LogP contribution is -2.44. The molecule has 10 nitrogen and oxygen atoms in total. The highest BCUT2D eigenvalue weighted by Crippen LogP contribution is 2.39. The van der Waals surface area contributed by atoms with Crippen molar-refractivity contribution in [2.24, 2.45) is 0 Å². The summed E-state index contributed by atoms with van der Waals surface area (Å²) in [7, 11) is 0. The molecule has 1 N–H and O–H groups in total.